The molecule has 4 aromatic rings. The Morgan fingerprint density at radius 1 is 1.16 bits per heavy atom. The van der Waals surface area contributed by atoms with Gasteiger partial charge in [0.15, 0.2) is 5.58 Å². The van der Waals surface area contributed by atoms with Gasteiger partial charge < -0.3 is 8.94 Å². The number of aromatic nitrogens is 1. The molecule has 4 rings (SSSR count). The molecule has 25 heavy (non-hydrogen) atoms. The third-order valence-electron chi connectivity index (χ3n) is 3.70. The van der Waals surface area contributed by atoms with Gasteiger partial charge in [0.25, 0.3) is 0 Å². The number of fused-ring (bicyclic) bond motifs is 1. The average molecular weight is 374 g/mol. The summed E-state index contributed by atoms with van der Waals surface area (Å²) in [6.07, 6.45) is 1.61. The van der Waals surface area contributed by atoms with Gasteiger partial charge in [-0.3, -0.25) is 0 Å². The lowest BCUT2D eigenvalue weighted by molar-refractivity contribution is 0.448. The van der Waals surface area contributed by atoms with E-state index in [2.05, 4.69) is 9.88 Å². The molecule has 0 saturated heterocycles. The smallest absolute Gasteiger partial charge is 0.217 e. The molecule has 0 saturated carbocycles. The quantitative estimate of drug-likeness (QED) is 0.555. The molecular formula is C17H14N2O4S2. The Morgan fingerprint density at radius 3 is 2.88 bits per heavy atom. The van der Waals surface area contributed by atoms with Crippen molar-refractivity contribution in [2.45, 2.75) is 12.3 Å². The molecule has 0 spiro atoms. The monoisotopic (exact) mass is 374 g/mol. The van der Waals surface area contributed by atoms with Crippen molar-refractivity contribution in [3.8, 4) is 11.3 Å². The number of sulfonamides is 1. The van der Waals surface area contributed by atoms with E-state index in [1.165, 1.54) is 11.3 Å². The summed E-state index contributed by atoms with van der Waals surface area (Å²) in [5.41, 5.74) is 1.92. The minimum Gasteiger partial charge on any atom is -0.464 e. The first-order valence-electron chi connectivity index (χ1n) is 7.53. The molecule has 0 aliphatic rings. The van der Waals surface area contributed by atoms with E-state index in [0.29, 0.717) is 16.7 Å². The number of thiophene rings is 1. The van der Waals surface area contributed by atoms with Crippen molar-refractivity contribution in [1.82, 2.24) is 9.88 Å². The summed E-state index contributed by atoms with van der Waals surface area (Å²) in [5, 5.41) is 6.52. The van der Waals surface area contributed by atoms with Crippen LogP contribution in [-0.4, -0.2) is 13.6 Å². The lowest BCUT2D eigenvalue weighted by atomic mass is 10.2. The maximum atomic E-state index is 12.3. The van der Waals surface area contributed by atoms with Crippen LogP contribution in [0.5, 0.6) is 0 Å². The van der Waals surface area contributed by atoms with E-state index < -0.39 is 10.0 Å². The summed E-state index contributed by atoms with van der Waals surface area (Å²) in [7, 11) is -3.53. The van der Waals surface area contributed by atoms with Gasteiger partial charge in [-0.25, -0.2) is 13.1 Å². The number of nitrogens with one attached hydrogen (secondary N) is 1. The second kappa shape index (κ2) is 6.47. The van der Waals surface area contributed by atoms with E-state index in [4.69, 9.17) is 8.94 Å². The van der Waals surface area contributed by atoms with E-state index >= 15 is 0 Å². The highest BCUT2D eigenvalue weighted by Gasteiger charge is 2.17. The fraction of sp³-hybridized carbons (Fsp3) is 0.118. The van der Waals surface area contributed by atoms with E-state index in [9.17, 15) is 8.42 Å². The lowest BCUT2D eigenvalue weighted by Gasteiger charge is -2.03. The Hall–Kier alpha value is -2.42. The molecule has 128 valence electrons. The van der Waals surface area contributed by atoms with Crippen LogP contribution in [0.1, 0.15) is 10.6 Å². The normalized spacial score (nSPS) is 12.0. The van der Waals surface area contributed by atoms with Crippen molar-refractivity contribution >= 4 is 32.3 Å². The number of furan rings is 1. The zero-order valence-electron chi connectivity index (χ0n) is 13.0. The van der Waals surface area contributed by atoms with Crippen LogP contribution < -0.4 is 4.72 Å². The third-order valence-corrected chi connectivity index (χ3v) is 5.88. The zero-order chi connectivity index (χ0) is 17.3. The Kier molecular flexibility index (Phi) is 4.16. The molecule has 0 atom stereocenters. The van der Waals surface area contributed by atoms with Gasteiger partial charge in [0, 0.05) is 27.8 Å². The van der Waals surface area contributed by atoms with Gasteiger partial charge in [0.05, 0.1) is 6.26 Å². The van der Waals surface area contributed by atoms with E-state index in [1.807, 2.05) is 35.7 Å². The summed E-state index contributed by atoms with van der Waals surface area (Å²) in [4.78, 5) is 0.903. The molecule has 0 aliphatic heterocycles. The van der Waals surface area contributed by atoms with Gasteiger partial charge in [0.1, 0.15) is 17.2 Å². The first-order chi connectivity index (χ1) is 12.1. The summed E-state index contributed by atoms with van der Waals surface area (Å²) in [5.74, 6) is 0.542. The molecule has 3 aromatic heterocycles. The van der Waals surface area contributed by atoms with Crippen LogP contribution >= 0.6 is 11.3 Å². The molecule has 1 aromatic carbocycles. The maximum absolute atomic E-state index is 12.3. The van der Waals surface area contributed by atoms with Gasteiger partial charge in [-0.2, -0.15) is 0 Å². The van der Waals surface area contributed by atoms with Crippen molar-refractivity contribution in [3.05, 3.63) is 64.7 Å². The maximum Gasteiger partial charge on any atom is 0.217 e. The fourth-order valence-corrected chi connectivity index (χ4v) is 4.45. The topological polar surface area (TPSA) is 85.3 Å². The Morgan fingerprint density at radius 2 is 2.04 bits per heavy atom. The van der Waals surface area contributed by atoms with Crippen molar-refractivity contribution in [2.24, 2.45) is 0 Å². The van der Waals surface area contributed by atoms with Crippen molar-refractivity contribution in [3.63, 3.8) is 0 Å². The van der Waals surface area contributed by atoms with Crippen molar-refractivity contribution in [1.29, 1.82) is 0 Å². The molecule has 1 N–H and O–H groups in total. The average Bonchev–Trinajstić information content (AvgIpc) is 3.34. The predicted molar refractivity (Wildman–Crippen MR) is 95.5 cm³/mol. The van der Waals surface area contributed by atoms with Crippen LogP contribution in [0.3, 0.4) is 0 Å². The predicted octanol–water partition coefficient (Wildman–Crippen LogP) is 3.77. The van der Waals surface area contributed by atoms with Crippen LogP contribution in [0.4, 0.5) is 0 Å². The SMILES string of the molecule is O=S(=O)(Cc1noc2ccccc12)NCc1cc(-c2ccco2)cs1. The summed E-state index contributed by atoms with van der Waals surface area (Å²) >= 11 is 1.48. The molecule has 0 aliphatic carbocycles. The Bertz CT molecular complexity index is 1090. The number of nitrogens with zero attached hydrogens (tertiary/aromatic N) is 1. The lowest BCUT2D eigenvalue weighted by Crippen LogP contribution is -2.24. The standard InChI is InChI=1S/C17H14N2O4S2/c20-25(21,11-15-14-4-1-2-5-17(14)23-19-15)18-9-13-8-12(10-24-13)16-6-3-7-22-16/h1-8,10,18H,9,11H2. The van der Waals surface area contributed by atoms with Gasteiger partial charge in [0.2, 0.25) is 10.0 Å². The third kappa shape index (κ3) is 3.51. The van der Waals surface area contributed by atoms with E-state index in [0.717, 1.165) is 16.2 Å². The first-order valence-corrected chi connectivity index (χ1v) is 10.1. The molecule has 8 heteroatoms. The highest BCUT2D eigenvalue weighted by molar-refractivity contribution is 7.88. The Balaban J connectivity index is 1.45. The minimum atomic E-state index is -3.53. The van der Waals surface area contributed by atoms with Crippen molar-refractivity contribution < 1.29 is 17.4 Å². The van der Waals surface area contributed by atoms with Crippen LogP contribution in [0.2, 0.25) is 0 Å². The molecule has 3 heterocycles. The Labute approximate surface area is 148 Å². The summed E-state index contributed by atoms with van der Waals surface area (Å²) in [6.45, 7) is 0.226. The van der Waals surface area contributed by atoms with Gasteiger partial charge in [-0.1, -0.05) is 17.3 Å². The zero-order valence-corrected chi connectivity index (χ0v) is 14.6. The molecule has 0 radical (unpaired) electrons. The number of para-hydroxylation sites is 1. The highest BCUT2D eigenvalue weighted by Crippen LogP contribution is 2.26. The van der Waals surface area contributed by atoms with Crippen LogP contribution in [0.15, 0.2) is 63.0 Å². The molecule has 0 amide bonds. The molecule has 0 bridgehead atoms. The van der Waals surface area contributed by atoms with E-state index in [-0.39, 0.29) is 12.3 Å². The van der Waals surface area contributed by atoms with Gasteiger partial charge in [-0.05, 0) is 30.3 Å². The van der Waals surface area contributed by atoms with Gasteiger partial charge >= 0.3 is 0 Å². The fourth-order valence-electron chi connectivity index (χ4n) is 2.50. The van der Waals surface area contributed by atoms with Crippen LogP contribution in [0.25, 0.3) is 22.3 Å². The molecule has 6 nitrogen and oxygen atoms in total. The van der Waals surface area contributed by atoms with Crippen LogP contribution in [0, 0.1) is 0 Å². The second-order valence-corrected chi connectivity index (χ2v) is 8.29. The number of hydrogen-bond acceptors (Lipinski definition) is 6. The number of benzene rings is 1. The molecular weight excluding hydrogens is 360 g/mol. The molecule has 0 unspecified atom stereocenters. The highest BCUT2D eigenvalue weighted by atomic mass is 32.2. The van der Waals surface area contributed by atoms with E-state index in [1.54, 1.807) is 18.4 Å². The van der Waals surface area contributed by atoms with Gasteiger partial charge in [-0.15, -0.1) is 11.3 Å². The van der Waals surface area contributed by atoms with Crippen LogP contribution in [-0.2, 0) is 22.3 Å². The molecule has 0 fully saturated rings. The van der Waals surface area contributed by atoms with Crippen molar-refractivity contribution in [2.75, 3.05) is 0 Å². The summed E-state index contributed by atoms with van der Waals surface area (Å²) in [6, 6.07) is 12.8. The number of hydrogen-bond donors (Lipinski definition) is 1. The summed E-state index contributed by atoms with van der Waals surface area (Å²) < 4.78 is 37.8. The first kappa shape index (κ1) is 16.1. The number of rotatable bonds is 6. The second-order valence-electron chi connectivity index (χ2n) is 5.48. The largest absolute Gasteiger partial charge is 0.464 e. The minimum absolute atomic E-state index is 0.222.